The van der Waals surface area contributed by atoms with E-state index in [2.05, 4.69) is 5.32 Å². The third kappa shape index (κ3) is 4.27. The molecule has 5 heteroatoms. The molecule has 1 aromatic carbocycles. The summed E-state index contributed by atoms with van der Waals surface area (Å²) in [5.74, 6) is -0.739. The number of nitrogens with one attached hydrogen (secondary N) is 1. The van der Waals surface area contributed by atoms with Crippen LogP contribution < -0.4 is 11.1 Å². The maximum Gasteiger partial charge on any atom is 0.228 e. The fourth-order valence-corrected chi connectivity index (χ4v) is 1.88. The molecular formula is C13H18ClFN2O. The number of amides is 1. The SMILES string of the molecule is CC(C)CC(CN)C(=O)Nc1cc(Cl)ccc1F. The predicted octanol–water partition coefficient (Wildman–Crippen LogP) is 3.04. The van der Waals surface area contributed by atoms with E-state index < -0.39 is 5.82 Å². The van der Waals surface area contributed by atoms with Crippen molar-refractivity contribution in [3.63, 3.8) is 0 Å². The third-order valence-electron chi connectivity index (χ3n) is 2.60. The predicted molar refractivity (Wildman–Crippen MR) is 72.0 cm³/mol. The van der Waals surface area contributed by atoms with Crippen LogP contribution in [-0.2, 0) is 4.79 Å². The molecule has 1 rings (SSSR count). The lowest BCUT2D eigenvalue weighted by atomic mass is 9.96. The Hall–Kier alpha value is -1.13. The lowest BCUT2D eigenvalue weighted by Gasteiger charge is -2.17. The summed E-state index contributed by atoms with van der Waals surface area (Å²) in [5.41, 5.74) is 5.66. The molecule has 1 atom stereocenters. The molecule has 0 bridgehead atoms. The zero-order valence-electron chi connectivity index (χ0n) is 10.5. The van der Waals surface area contributed by atoms with Gasteiger partial charge in [-0.2, -0.15) is 0 Å². The van der Waals surface area contributed by atoms with E-state index >= 15 is 0 Å². The van der Waals surface area contributed by atoms with Gasteiger partial charge in [-0.3, -0.25) is 4.79 Å². The van der Waals surface area contributed by atoms with E-state index in [9.17, 15) is 9.18 Å². The minimum atomic E-state index is -0.506. The molecule has 0 saturated carbocycles. The van der Waals surface area contributed by atoms with Crippen LogP contribution in [0.25, 0.3) is 0 Å². The van der Waals surface area contributed by atoms with Gasteiger partial charge in [-0.05, 0) is 30.5 Å². The normalized spacial score (nSPS) is 12.6. The lowest BCUT2D eigenvalue weighted by Crippen LogP contribution is -2.30. The molecule has 0 aliphatic rings. The number of carbonyl (C=O) groups excluding carboxylic acids is 1. The van der Waals surface area contributed by atoms with Crippen molar-refractivity contribution in [2.75, 3.05) is 11.9 Å². The van der Waals surface area contributed by atoms with Crippen LogP contribution in [0.2, 0.25) is 5.02 Å². The van der Waals surface area contributed by atoms with Gasteiger partial charge in [0.25, 0.3) is 0 Å². The average molecular weight is 273 g/mol. The maximum atomic E-state index is 13.5. The zero-order chi connectivity index (χ0) is 13.7. The van der Waals surface area contributed by atoms with Crippen molar-refractivity contribution in [3.05, 3.63) is 29.0 Å². The second-order valence-corrected chi connectivity index (χ2v) is 5.11. The van der Waals surface area contributed by atoms with E-state index in [0.717, 1.165) is 0 Å². The fraction of sp³-hybridized carbons (Fsp3) is 0.462. The number of carbonyl (C=O) groups is 1. The molecule has 0 aliphatic carbocycles. The summed E-state index contributed by atoms with van der Waals surface area (Å²) in [4.78, 5) is 11.9. The Morgan fingerprint density at radius 1 is 1.50 bits per heavy atom. The molecule has 0 radical (unpaired) electrons. The molecule has 1 aromatic rings. The number of halogens is 2. The van der Waals surface area contributed by atoms with Crippen LogP contribution in [0, 0.1) is 17.7 Å². The van der Waals surface area contributed by atoms with E-state index in [1.807, 2.05) is 13.8 Å². The van der Waals surface area contributed by atoms with Gasteiger partial charge in [0.05, 0.1) is 11.6 Å². The molecule has 0 saturated heterocycles. The van der Waals surface area contributed by atoms with Crippen molar-refractivity contribution in [2.45, 2.75) is 20.3 Å². The molecule has 1 unspecified atom stereocenters. The van der Waals surface area contributed by atoms with Gasteiger partial charge in [-0.25, -0.2) is 4.39 Å². The van der Waals surface area contributed by atoms with Crippen LogP contribution in [-0.4, -0.2) is 12.5 Å². The van der Waals surface area contributed by atoms with Crippen LogP contribution in [0.3, 0.4) is 0 Å². The summed E-state index contributed by atoms with van der Waals surface area (Å²) in [6.07, 6.45) is 0.671. The molecule has 0 heterocycles. The first-order chi connectivity index (χ1) is 8.43. The molecule has 3 nitrogen and oxygen atoms in total. The molecule has 0 aliphatic heterocycles. The van der Waals surface area contributed by atoms with Crippen LogP contribution in [0.4, 0.5) is 10.1 Å². The van der Waals surface area contributed by atoms with E-state index in [0.29, 0.717) is 17.4 Å². The van der Waals surface area contributed by atoms with Crippen LogP contribution in [0.1, 0.15) is 20.3 Å². The second kappa shape index (κ2) is 6.71. The highest BCUT2D eigenvalue weighted by Gasteiger charge is 2.19. The first-order valence-electron chi connectivity index (χ1n) is 5.90. The van der Waals surface area contributed by atoms with Gasteiger partial charge in [0, 0.05) is 11.6 Å². The Morgan fingerprint density at radius 3 is 2.72 bits per heavy atom. The summed E-state index contributed by atoms with van der Waals surface area (Å²) in [6.45, 7) is 4.26. The zero-order valence-corrected chi connectivity index (χ0v) is 11.3. The van der Waals surface area contributed by atoms with Gasteiger partial charge < -0.3 is 11.1 Å². The molecule has 0 aromatic heterocycles. The van der Waals surface area contributed by atoms with Crippen molar-refractivity contribution >= 4 is 23.2 Å². The third-order valence-corrected chi connectivity index (χ3v) is 2.83. The largest absolute Gasteiger partial charge is 0.330 e. The van der Waals surface area contributed by atoms with Gasteiger partial charge >= 0.3 is 0 Å². The summed E-state index contributed by atoms with van der Waals surface area (Å²) >= 11 is 5.76. The minimum Gasteiger partial charge on any atom is -0.330 e. The average Bonchev–Trinajstić information content (AvgIpc) is 2.30. The summed E-state index contributed by atoms with van der Waals surface area (Å²) in [7, 11) is 0. The van der Waals surface area contributed by atoms with E-state index in [1.54, 1.807) is 0 Å². The summed E-state index contributed by atoms with van der Waals surface area (Å²) in [6, 6.07) is 4.04. The van der Waals surface area contributed by atoms with Crippen molar-refractivity contribution in [1.82, 2.24) is 0 Å². The number of anilines is 1. The van der Waals surface area contributed by atoms with Gasteiger partial charge in [0.15, 0.2) is 0 Å². The lowest BCUT2D eigenvalue weighted by molar-refractivity contribution is -0.120. The van der Waals surface area contributed by atoms with Crippen LogP contribution in [0.15, 0.2) is 18.2 Å². The first-order valence-corrected chi connectivity index (χ1v) is 6.27. The summed E-state index contributed by atoms with van der Waals surface area (Å²) < 4.78 is 13.5. The Balaban J connectivity index is 2.76. The van der Waals surface area contributed by atoms with Crippen molar-refractivity contribution in [1.29, 1.82) is 0 Å². The van der Waals surface area contributed by atoms with E-state index in [-0.39, 0.29) is 24.1 Å². The van der Waals surface area contributed by atoms with Crippen molar-refractivity contribution < 1.29 is 9.18 Å². The first kappa shape index (κ1) is 14.9. The van der Waals surface area contributed by atoms with Crippen molar-refractivity contribution in [2.24, 2.45) is 17.6 Å². The Kier molecular flexibility index (Phi) is 5.56. The van der Waals surface area contributed by atoms with Gasteiger partial charge in [-0.15, -0.1) is 0 Å². The maximum absolute atomic E-state index is 13.5. The highest BCUT2D eigenvalue weighted by molar-refractivity contribution is 6.30. The Morgan fingerprint density at radius 2 is 2.17 bits per heavy atom. The highest BCUT2D eigenvalue weighted by Crippen LogP contribution is 2.21. The van der Waals surface area contributed by atoms with E-state index in [4.69, 9.17) is 17.3 Å². The number of hydrogen-bond donors (Lipinski definition) is 2. The Labute approximate surface area is 112 Å². The molecule has 100 valence electrons. The van der Waals surface area contributed by atoms with Crippen molar-refractivity contribution in [3.8, 4) is 0 Å². The summed E-state index contributed by atoms with van der Waals surface area (Å²) in [5, 5.41) is 2.90. The Bertz CT molecular complexity index is 423. The fourth-order valence-electron chi connectivity index (χ4n) is 1.71. The standard InChI is InChI=1S/C13H18ClFN2O/c1-8(2)5-9(7-16)13(18)17-12-6-10(14)3-4-11(12)15/h3-4,6,8-9H,5,7,16H2,1-2H3,(H,17,18). The molecule has 1 amide bonds. The van der Waals surface area contributed by atoms with Crippen LogP contribution >= 0.6 is 11.6 Å². The monoisotopic (exact) mass is 272 g/mol. The molecule has 0 fully saturated rings. The minimum absolute atomic E-state index is 0.0923. The van der Waals surface area contributed by atoms with Gasteiger partial charge in [0.1, 0.15) is 5.82 Å². The van der Waals surface area contributed by atoms with Gasteiger partial charge in [-0.1, -0.05) is 25.4 Å². The number of benzene rings is 1. The second-order valence-electron chi connectivity index (χ2n) is 4.68. The smallest absolute Gasteiger partial charge is 0.228 e. The van der Waals surface area contributed by atoms with Crippen LogP contribution in [0.5, 0.6) is 0 Å². The molecule has 0 spiro atoms. The topological polar surface area (TPSA) is 55.1 Å². The molecule has 3 N–H and O–H groups in total. The quantitative estimate of drug-likeness (QED) is 0.866. The molecule has 18 heavy (non-hydrogen) atoms. The molecular weight excluding hydrogens is 255 g/mol. The number of rotatable bonds is 5. The van der Waals surface area contributed by atoms with Gasteiger partial charge in [0.2, 0.25) is 5.91 Å². The number of nitrogens with two attached hydrogens (primary N) is 1. The van der Waals surface area contributed by atoms with E-state index in [1.165, 1.54) is 18.2 Å². The highest BCUT2D eigenvalue weighted by atomic mass is 35.5. The number of hydrogen-bond acceptors (Lipinski definition) is 2.